The van der Waals surface area contributed by atoms with Crippen molar-refractivity contribution in [1.29, 1.82) is 0 Å². The number of esters is 2. The quantitative estimate of drug-likeness (QED) is 0.0595. The van der Waals surface area contributed by atoms with Crippen LogP contribution in [0.4, 0.5) is 0 Å². The fourth-order valence-corrected chi connectivity index (χ4v) is 5.31. The van der Waals surface area contributed by atoms with Gasteiger partial charge < -0.3 is 18.9 Å². The van der Waals surface area contributed by atoms with E-state index in [1.807, 2.05) is 0 Å². The van der Waals surface area contributed by atoms with Gasteiger partial charge in [-0.1, -0.05) is 104 Å². The number of hydrogen-bond acceptors (Lipinski definition) is 6. The van der Waals surface area contributed by atoms with E-state index >= 15 is 0 Å². The molecule has 4 atom stereocenters. The predicted molar refractivity (Wildman–Crippen MR) is 152 cm³/mol. The second-order valence-corrected chi connectivity index (χ2v) is 11.5. The fraction of sp³-hybridized carbons (Fsp3) is 0.938. The van der Waals surface area contributed by atoms with E-state index in [-0.39, 0.29) is 25.2 Å². The molecule has 2 rings (SSSR count). The van der Waals surface area contributed by atoms with Crippen molar-refractivity contribution in [2.24, 2.45) is 0 Å². The van der Waals surface area contributed by atoms with Crippen LogP contribution in [0.25, 0.3) is 0 Å². The van der Waals surface area contributed by atoms with E-state index < -0.39 is 0 Å². The van der Waals surface area contributed by atoms with Crippen molar-refractivity contribution in [1.82, 2.24) is 0 Å². The monoisotopic (exact) mass is 538 g/mol. The molecule has 0 radical (unpaired) electrons. The molecule has 0 spiro atoms. The van der Waals surface area contributed by atoms with Crippen molar-refractivity contribution in [2.45, 2.75) is 180 Å². The first-order valence-corrected chi connectivity index (χ1v) is 16.3. The summed E-state index contributed by atoms with van der Waals surface area (Å²) in [6.45, 7) is 4.80. The highest BCUT2D eigenvalue weighted by atomic mass is 16.6. The third-order valence-corrected chi connectivity index (χ3v) is 7.91. The van der Waals surface area contributed by atoms with Gasteiger partial charge in [0.15, 0.2) is 0 Å². The average Bonchev–Trinajstić information content (AvgIpc) is 3.83. The molecule has 0 aromatic heterocycles. The van der Waals surface area contributed by atoms with E-state index in [1.165, 1.54) is 89.9 Å². The number of carbonyl (C=O) groups is 2. The minimum absolute atomic E-state index is 0.161. The molecule has 6 nitrogen and oxygen atoms in total. The molecule has 0 bridgehead atoms. The molecule has 0 aromatic rings. The van der Waals surface area contributed by atoms with Crippen LogP contribution < -0.4 is 0 Å². The third-order valence-electron chi connectivity index (χ3n) is 7.91. The number of unbranched alkanes of at least 4 members (excludes halogenated alkanes) is 12. The van der Waals surface area contributed by atoms with Crippen molar-refractivity contribution in [3.05, 3.63) is 0 Å². The highest BCUT2D eigenvalue weighted by Gasteiger charge is 2.37. The van der Waals surface area contributed by atoms with E-state index in [4.69, 9.17) is 18.9 Å². The fourth-order valence-electron chi connectivity index (χ4n) is 5.31. The van der Waals surface area contributed by atoms with Gasteiger partial charge in [-0.15, -0.1) is 0 Å². The van der Waals surface area contributed by atoms with Crippen LogP contribution in [0.1, 0.15) is 155 Å². The van der Waals surface area contributed by atoms with Crippen molar-refractivity contribution < 1.29 is 28.5 Å². The number of epoxide rings is 2. The summed E-state index contributed by atoms with van der Waals surface area (Å²) in [5.74, 6) is -0.377. The molecule has 2 fully saturated rings. The molecule has 2 aliphatic heterocycles. The molecule has 2 aliphatic rings. The van der Waals surface area contributed by atoms with Crippen molar-refractivity contribution in [3.63, 3.8) is 0 Å². The summed E-state index contributed by atoms with van der Waals surface area (Å²) in [5, 5.41) is 0. The zero-order valence-electron chi connectivity index (χ0n) is 24.7. The largest absolute Gasteiger partial charge is 0.462 e. The summed E-state index contributed by atoms with van der Waals surface area (Å²) in [6, 6.07) is 0. The first-order valence-electron chi connectivity index (χ1n) is 16.3. The van der Waals surface area contributed by atoms with Crippen LogP contribution in [-0.4, -0.2) is 49.6 Å². The van der Waals surface area contributed by atoms with Crippen LogP contribution in [0.3, 0.4) is 0 Å². The predicted octanol–water partition coefficient (Wildman–Crippen LogP) is 8.23. The Balaban J connectivity index is 1.25. The second kappa shape index (κ2) is 21.7. The lowest BCUT2D eigenvalue weighted by Gasteiger charge is -2.07. The minimum atomic E-state index is -0.189. The summed E-state index contributed by atoms with van der Waals surface area (Å²) in [5.41, 5.74) is 0. The van der Waals surface area contributed by atoms with Crippen LogP contribution in [0.2, 0.25) is 0 Å². The second-order valence-electron chi connectivity index (χ2n) is 11.5. The standard InChI is InChI=1S/C32H58O6/c1-3-5-13-19-27-29(37-27)21-15-9-7-11-17-23-31(33)35-25-26-36-32(34)24-18-12-8-10-16-22-30-28(38-30)20-14-6-4-2/h27-30H,3-26H2,1-2H3. The van der Waals surface area contributed by atoms with Crippen LogP contribution in [0.15, 0.2) is 0 Å². The molecule has 222 valence electrons. The Labute approximate surface area is 233 Å². The third kappa shape index (κ3) is 17.4. The smallest absolute Gasteiger partial charge is 0.305 e. The number of hydrogen-bond donors (Lipinski definition) is 0. The van der Waals surface area contributed by atoms with Crippen LogP contribution in [-0.2, 0) is 28.5 Å². The topological polar surface area (TPSA) is 77.7 Å². The van der Waals surface area contributed by atoms with Crippen LogP contribution >= 0.6 is 0 Å². The lowest BCUT2D eigenvalue weighted by Crippen LogP contribution is -2.13. The SMILES string of the molecule is CCCCCC1OC1CCCCCCCC(=O)OCCOC(=O)CCCCCCCC1OC1CCCCC. The maximum atomic E-state index is 11.9. The molecule has 0 aliphatic carbocycles. The lowest BCUT2D eigenvalue weighted by atomic mass is 10.0. The normalized spacial score (nSPS) is 21.8. The van der Waals surface area contributed by atoms with Gasteiger partial charge in [-0.3, -0.25) is 9.59 Å². The van der Waals surface area contributed by atoms with Gasteiger partial charge in [-0.2, -0.15) is 0 Å². The van der Waals surface area contributed by atoms with Crippen molar-refractivity contribution >= 4 is 11.9 Å². The lowest BCUT2D eigenvalue weighted by molar-refractivity contribution is -0.152. The minimum Gasteiger partial charge on any atom is -0.462 e. The molecular formula is C32H58O6. The number of rotatable bonds is 27. The molecule has 2 saturated heterocycles. The van der Waals surface area contributed by atoms with Gasteiger partial charge in [0.25, 0.3) is 0 Å². The van der Waals surface area contributed by atoms with Gasteiger partial charge in [-0.25, -0.2) is 0 Å². The summed E-state index contributed by atoms with van der Waals surface area (Å²) in [4.78, 5) is 23.7. The van der Waals surface area contributed by atoms with Gasteiger partial charge >= 0.3 is 11.9 Å². The van der Waals surface area contributed by atoms with Gasteiger partial charge in [0.2, 0.25) is 0 Å². The summed E-state index contributed by atoms with van der Waals surface area (Å²) < 4.78 is 21.9. The molecule has 0 saturated carbocycles. The van der Waals surface area contributed by atoms with E-state index in [9.17, 15) is 9.59 Å². The zero-order valence-corrected chi connectivity index (χ0v) is 24.7. The zero-order chi connectivity index (χ0) is 27.3. The molecule has 6 heteroatoms. The van der Waals surface area contributed by atoms with Gasteiger partial charge in [0.05, 0.1) is 24.4 Å². The van der Waals surface area contributed by atoms with Gasteiger partial charge in [-0.05, 0) is 38.5 Å². The average molecular weight is 539 g/mol. The van der Waals surface area contributed by atoms with Crippen LogP contribution in [0.5, 0.6) is 0 Å². The summed E-state index contributed by atoms with van der Waals surface area (Å²) in [7, 11) is 0. The Morgan fingerprint density at radius 3 is 1.16 bits per heavy atom. The Morgan fingerprint density at radius 1 is 0.474 bits per heavy atom. The highest BCUT2D eigenvalue weighted by Crippen LogP contribution is 2.32. The van der Waals surface area contributed by atoms with E-state index in [2.05, 4.69) is 13.8 Å². The molecular weight excluding hydrogens is 480 g/mol. The van der Waals surface area contributed by atoms with E-state index in [0.29, 0.717) is 37.3 Å². The molecule has 2 heterocycles. The van der Waals surface area contributed by atoms with Crippen molar-refractivity contribution in [3.8, 4) is 0 Å². The van der Waals surface area contributed by atoms with Gasteiger partial charge in [0, 0.05) is 12.8 Å². The summed E-state index contributed by atoms with van der Waals surface area (Å²) >= 11 is 0. The summed E-state index contributed by atoms with van der Waals surface area (Å²) in [6.07, 6.45) is 26.7. The molecule has 0 N–H and O–H groups in total. The number of ether oxygens (including phenoxy) is 4. The maximum absolute atomic E-state index is 11.9. The molecule has 0 aromatic carbocycles. The first-order chi connectivity index (χ1) is 18.6. The van der Waals surface area contributed by atoms with Crippen LogP contribution in [0, 0.1) is 0 Å². The van der Waals surface area contributed by atoms with E-state index in [1.54, 1.807) is 0 Å². The maximum Gasteiger partial charge on any atom is 0.305 e. The van der Waals surface area contributed by atoms with Crippen molar-refractivity contribution in [2.75, 3.05) is 13.2 Å². The van der Waals surface area contributed by atoms with Gasteiger partial charge in [0.1, 0.15) is 13.2 Å². The molecule has 4 unspecified atom stereocenters. The highest BCUT2D eigenvalue weighted by molar-refractivity contribution is 5.70. The Morgan fingerprint density at radius 2 is 0.789 bits per heavy atom. The molecule has 38 heavy (non-hydrogen) atoms. The first kappa shape index (κ1) is 33.1. The Kier molecular flexibility index (Phi) is 18.8. The number of carbonyl (C=O) groups excluding carboxylic acids is 2. The molecule has 0 amide bonds. The van der Waals surface area contributed by atoms with E-state index in [0.717, 1.165) is 38.5 Å². The Hall–Kier alpha value is -1.14. The Bertz CT molecular complexity index is 557.